The van der Waals surface area contributed by atoms with E-state index in [1.54, 1.807) is 0 Å². The molecule has 0 spiro atoms. The first-order valence-corrected chi connectivity index (χ1v) is 8.06. The fraction of sp³-hybridized carbons (Fsp3) is 0.538. The molecule has 1 saturated heterocycles. The number of hydrogen-bond donors (Lipinski definition) is 2. The smallest absolute Gasteiger partial charge is 0.248 e. The lowest BCUT2D eigenvalue weighted by Crippen LogP contribution is -2.41. The van der Waals surface area contributed by atoms with Crippen LogP contribution in [0.4, 0.5) is 10.1 Å². The number of anilines is 1. The average Bonchev–Trinajstić information content (AvgIpc) is 2.69. The van der Waals surface area contributed by atoms with Gasteiger partial charge in [-0.1, -0.05) is 6.07 Å². The van der Waals surface area contributed by atoms with E-state index in [0.29, 0.717) is 13.0 Å². The van der Waals surface area contributed by atoms with Gasteiger partial charge in [0.05, 0.1) is 11.8 Å². The van der Waals surface area contributed by atoms with Crippen LogP contribution in [0.15, 0.2) is 23.1 Å². The first-order valence-electron chi connectivity index (χ1n) is 6.62. The van der Waals surface area contributed by atoms with Gasteiger partial charge < -0.3 is 15.7 Å². The molecule has 0 amide bonds. The Kier molecular flexibility index (Phi) is 4.52. The molecule has 8 heteroatoms. The minimum absolute atomic E-state index is 0.0470. The number of benzene rings is 1. The number of nitrogens with two attached hydrogens (primary N) is 1. The molecular formula is C13H20FN3O3S. The third-order valence-electron chi connectivity index (χ3n) is 3.48. The molecule has 1 heterocycles. The van der Waals surface area contributed by atoms with Gasteiger partial charge in [0.15, 0.2) is 0 Å². The van der Waals surface area contributed by atoms with Crippen LogP contribution in [0.2, 0.25) is 0 Å². The van der Waals surface area contributed by atoms with E-state index in [9.17, 15) is 17.9 Å². The lowest BCUT2D eigenvalue weighted by atomic mass is 10.2. The van der Waals surface area contributed by atoms with Crippen LogP contribution in [0.1, 0.15) is 6.42 Å². The summed E-state index contributed by atoms with van der Waals surface area (Å²) in [7, 11) is -0.456. The Morgan fingerprint density at radius 1 is 1.48 bits per heavy atom. The van der Waals surface area contributed by atoms with Crippen LogP contribution in [-0.2, 0) is 10.0 Å². The first kappa shape index (κ1) is 16.2. The molecule has 1 aromatic rings. The van der Waals surface area contributed by atoms with E-state index in [1.165, 1.54) is 12.1 Å². The van der Waals surface area contributed by atoms with E-state index in [4.69, 9.17) is 5.73 Å². The normalized spacial score (nSPS) is 23.9. The number of rotatable bonds is 4. The van der Waals surface area contributed by atoms with Crippen molar-refractivity contribution in [3.05, 3.63) is 24.0 Å². The van der Waals surface area contributed by atoms with Gasteiger partial charge in [0.25, 0.3) is 0 Å². The molecule has 2 atom stereocenters. The molecule has 1 aliphatic rings. The number of likely N-dealkylation sites (N-methyl/N-ethyl adjacent to an activating group) is 1. The summed E-state index contributed by atoms with van der Waals surface area (Å²) in [5.41, 5.74) is 5.51. The van der Waals surface area contributed by atoms with E-state index in [1.807, 2.05) is 19.0 Å². The SMILES string of the molecule is CN(C)CC1CC(O)CN1S(=O)(=O)c1c(N)cccc1F. The molecule has 2 rings (SSSR count). The summed E-state index contributed by atoms with van der Waals surface area (Å²) >= 11 is 0. The third-order valence-corrected chi connectivity index (χ3v) is 5.49. The van der Waals surface area contributed by atoms with E-state index in [0.717, 1.165) is 10.4 Å². The summed E-state index contributed by atoms with van der Waals surface area (Å²) in [4.78, 5) is 1.32. The number of nitrogens with zero attached hydrogens (tertiary/aromatic N) is 2. The maximum Gasteiger partial charge on any atom is 0.248 e. The van der Waals surface area contributed by atoms with Crippen molar-refractivity contribution < 1.29 is 17.9 Å². The summed E-state index contributed by atoms with van der Waals surface area (Å²) < 4.78 is 40.5. The molecule has 21 heavy (non-hydrogen) atoms. The van der Waals surface area contributed by atoms with E-state index in [2.05, 4.69) is 0 Å². The van der Waals surface area contributed by atoms with Crippen molar-refractivity contribution in [2.75, 3.05) is 32.9 Å². The van der Waals surface area contributed by atoms with Crippen LogP contribution in [-0.4, -0.2) is 62.1 Å². The van der Waals surface area contributed by atoms with E-state index in [-0.39, 0.29) is 12.2 Å². The fourth-order valence-corrected chi connectivity index (χ4v) is 4.49. The monoisotopic (exact) mass is 317 g/mol. The number of aliphatic hydroxyl groups excluding tert-OH is 1. The Morgan fingerprint density at radius 3 is 2.71 bits per heavy atom. The van der Waals surface area contributed by atoms with Crippen molar-refractivity contribution in [1.29, 1.82) is 0 Å². The fourth-order valence-electron chi connectivity index (χ4n) is 2.66. The van der Waals surface area contributed by atoms with Gasteiger partial charge >= 0.3 is 0 Å². The van der Waals surface area contributed by atoms with Crippen LogP contribution in [0.3, 0.4) is 0 Å². The summed E-state index contributed by atoms with van der Waals surface area (Å²) in [5, 5.41) is 9.78. The van der Waals surface area contributed by atoms with Crippen LogP contribution in [0.5, 0.6) is 0 Å². The van der Waals surface area contributed by atoms with Gasteiger partial charge in [0.1, 0.15) is 10.7 Å². The van der Waals surface area contributed by atoms with Gasteiger partial charge in [-0.3, -0.25) is 0 Å². The third kappa shape index (κ3) is 3.18. The second-order valence-corrected chi connectivity index (χ2v) is 7.37. The Bertz CT molecular complexity index is 601. The zero-order chi connectivity index (χ0) is 15.8. The number of sulfonamides is 1. The molecule has 0 radical (unpaired) electrons. The van der Waals surface area contributed by atoms with Gasteiger partial charge in [0, 0.05) is 19.1 Å². The number of β-amino-alcohol motifs (C(OH)–C–C–N with tert-alkyl or cyclic N) is 1. The molecular weight excluding hydrogens is 297 g/mol. The highest BCUT2D eigenvalue weighted by molar-refractivity contribution is 7.89. The minimum Gasteiger partial charge on any atom is -0.398 e. The second-order valence-electron chi connectivity index (χ2n) is 5.54. The van der Waals surface area contributed by atoms with E-state index >= 15 is 0 Å². The number of hydrogen-bond acceptors (Lipinski definition) is 5. The minimum atomic E-state index is -4.08. The van der Waals surface area contributed by atoms with Crippen molar-refractivity contribution in [3.8, 4) is 0 Å². The molecule has 1 fully saturated rings. The van der Waals surface area contributed by atoms with Gasteiger partial charge in [-0.15, -0.1) is 0 Å². The maximum absolute atomic E-state index is 13.9. The van der Waals surface area contributed by atoms with Gasteiger partial charge in [-0.2, -0.15) is 4.31 Å². The zero-order valence-electron chi connectivity index (χ0n) is 12.0. The predicted octanol–water partition coefficient (Wildman–Crippen LogP) is 0.0934. The zero-order valence-corrected chi connectivity index (χ0v) is 12.8. The molecule has 1 aliphatic heterocycles. The van der Waals surface area contributed by atoms with Crippen LogP contribution >= 0.6 is 0 Å². The highest BCUT2D eigenvalue weighted by Gasteiger charge is 2.41. The first-order chi connectivity index (χ1) is 9.73. The Morgan fingerprint density at radius 2 is 2.14 bits per heavy atom. The van der Waals surface area contributed by atoms with Crippen LogP contribution in [0, 0.1) is 5.82 Å². The number of nitrogen functional groups attached to an aromatic ring is 1. The topological polar surface area (TPSA) is 86.9 Å². The summed E-state index contributed by atoms with van der Waals surface area (Å²) in [6.45, 7) is 0.402. The van der Waals surface area contributed by atoms with E-state index < -0.39 is 32.9 Å². The quantitative estimate of drug-likeness (QED) is 0.769. The highest BCUT2D eigenvalue weighted by Crippen LogP contribution is 2.31. The van der Waals surface area contributed by atoms with Crippen molar-refractivity contribution >= 4 is 15.7 Å². The molecule has 0 saturated carbocycles. The van der Waals surface area contributed by atoms with Gasteiger partial charge in [0.2, 0.25) is 10.0 Å². The van der Waals surface area contributed by atoms with Gasteiger partial charge in [-0.25, -0.2) is 12.8 Å². The molecule has 0 aliphatic carbocycles. The lowest BCUT2D eigenvalue weighted by Gasteiger charge is -2.26. The van der Waals surface area contributed by atoms with Crippen molar-refractivity contribution in [1.82, 2.24) is 9.21 Å². The molecule has 0 bridgehead atoms. The highest BCUT2D eigenvalue weighted by atomic mass is 32.2. The van der Waals surface area contributed by atoms with Crippen LogP contribution in [0.25, 0.3) is 0 Å². The summed E-state index contributed by atoms with van der Waals surface area (Å²) in [6.07, 6.45) is -0.427. The molecule has 2 unspecified atom stereocenters. The summed E-state index contributed by atoms with van der Waals surface area (Å²) in [5.74, 6) is -0.875. The van der Waals surface area contributed by atoms with Crippen molar-refractivity contribution in [2.45, 2.75) is 23.5 Å². The Balaban J connectivity index is 2.42. The largest absolute Gasteiger partial charge is 0.398 e. The molecule has 6 nitrogen and oxygen atoms in total. The van der Waals surface area contributed by atoms with Crippen molar-refractivity contribution in [2.24, 2.45) is 0 Å². The predicted molar refractivity (Wildman–Crippen MR) is 77.7 cm³/mol. The molecule has 118 valence electrons. The second kappa shape index (κ2) is 5.88. The molecule has 3 N–H and O–H groups in total. The standard InChI is InChI=1S/C13H20FN3O3S/c1-16(2)7-9-6-10(18)8-17(9)21(19,20)13-11(14)4-3-5-12(13)15/h3-5,9-10,18H,6-8,15H2,1-2H3. The number of halogens is 1. The van der Waals surface area contributed by atoms with Crippen LogP contribution < -0.4 is 5.73 Å². The lowest BCUT2D eigenvalue weighted by molar-refractivity contribution is 0.188. The number of aliphatic hydroxyl groups is 1. The summed E-state index contributed by atoms with van der Waals surface area (Å²) in [6, 6.07) is 3.37. The molecule has 0 aromatic heterocycles. The average molecular weight is 317 g/mol. The Labute approximate surface area is 124 Å². The van der Waals surface area contributed by atoms with Crippen molar-refractivity contribution in [3.63, 3.8) is 0 Å². The molecule has 1 aromatic carbocycles. The Hall–Kier alpha value is -1.22. The maximum atomic E-state index is 13.9. The van der Waals surface area contributed by atoms with Gasteiger partial charge in [-0.05, 0) is 32.6 Å².